The third-order valence-electron chi connectivity index (χ3n) is 2.00. The molecule has 0 bridgehead atoms. The van der Waals surface area contributed by atoms with Crippen LogP contribution < -0.4 is 0 Å². The highest BCUT2D eigenvalue weighted by Crippen LogP contribution is 2.07. The second kappa shape index (κ2) is 5.51. The van der Waals surface area contributed by atoms with Gasteiger partial charge in [-0.3, -0.25) is 0 Å². The molecule has 0 aromatic rings. The molecule has 0 spiro atoms. The molecule has 1 rings (SSSR count). The van der Waals surface area contributed by atoms with E-state index in [9.17, 15) is 30.0 Å². The molecule has 0 N–H and O–H groups in total. The van der Waals surface area contributed by atoms with Crippen LogP contribution in [0.2, 0.25) is 0 Å². The molecule has 0 atom stereocenters. The van der Waals surface area contributed by atoms with Gasteiger partial charge in [-0.25, -0.2) is 30.2 Å². The van der Waals surface area contributed by atoms with E-state index in [-0.39, 0.29) is 0 Å². The Morgan fingerprint density at radius 1 is 0.778 bits per heavy atom. The maximum Gasteiger partial charge on any atom is 0.212 e. The standard InChI is InChI=1S/C4H8N8O6/c13-5-7-1-8(6-14)3-10(12(17)18)4-9(2-7)11(15)16/h1-4H2. The molecule has 14 heteroatoms. The van der Waals surface area contributed by atoms with Crippen LogP contribution in [0.5, 0.6) is 0 Å². The highest BCUT2D eigenvalue weighted by atomic mass is 16.7. The van der Waals surface area contributed by atoms with Crippen LogP contribution >= 0.6 is 0 Å². The molecule has 0 aromatic heterocycles. The molecular formula is C4H8N8O6. The molecule has 1 fully saturated rings. The second-order valence-electron chi connectivity index (χ2n) is 3.23. The van der Waals surface area contributed by atoms with Crippen LogP contribution in [-0.4, -0.2) is 56.8 Å². The third-order valence-corrected chi connectivity index (χ3v) is 2.00. The first-order valence-electron chi connectivity index (χ1n) is 4.43. The van der Waals surface area contributed by atoms with Crippen LogP contribution in [0, 0.1) is 30.0 Å². The predicted molar refractivity (Wildman–Crippen MR) is 52.4 cm³/mol. The molecule has 100 valence electrons. The lowest BCUT2D eigenvalue weighted by Crippen LogP contribution is -2.54. The Morgan fingerprint density at radius 2 is 1.17 bits per heavy atom. The Balaban J connectivity index is 2.89. The van der Waals surface area contributed by atoms with Gasteiger partial charge in [-0.2, -0.15) is 0 Å². The van der Waals surface area contributed by atoms with Gasteiger partial charge >= 0.3 is 0 Å². The molecule has 14 nitrogen and oxygen atoms in total. The van der Waals surface area contributed by atoms with Crippen LogP contribution in [-0.2, 0) is 0 Å². The van der Waals surface area contributed by atoms with Gasteiger partial charge in [-0.05, 0) is 0 Å². The lowest BCUT2D eigenvalue weighted by Gasteiger charge is -2.29. The van der Waals surface area contributed by atoms with E-state index in [1.54, 1.807) is 0 Å². The summed E-state index contributed by atoms with van der Waals surface area (Å²) in [5, 5.41) is 26.4. The normalized spacial score (nSPS) is 16.9. The third kappa shape index (κ3) is 3.09. The minimum atomic E-state index is -0.904. The summed E-state index contributed by atoms with van der Waals surface area (Å²) >= 11 is 0. The maximum absolute atomic E-state index is 10.6. The number of hydrogen-bond donors (Lipinski definition) is 0. The number of nitroso groups, excluding NO2 is 2. The van der Waals surface area contributed by atoms with Crippen molar-refractivity contribution in [2.24, 2.45) is 10.6 Å². The lowest BCUT2D eigenvalue weighted by atomic mass is 10.7. The molecule has 1 saturated heterocycles. The summed E-state index contributed by atoms with van der Waals surface area (Å²) in [7, 11) is 0. The number of hydrazine groups is 2. The van der Waals surface area contributed by atoms with Crippen molar-refractivity contribution in [3.05, 3.63) is 30.0 Å². The van der Waals surface area contributed by atoms with Crippen molar-refractivity contribution in [3.8, 4) is 0 Å². The first kappa shape index (κ1) is 13.3. The monoisotopic (exact) mass is 264 g/mol. The molecule has 1 heterocycles. The van der Waals surface area contributed by atoms with Crippen molar-refractivity contribution in [2.75, 3.05) is 26.7 Å². The van der Waals surface area contributed by atoms with E-state index in [2.05, 4.69) is 10.6 Å². The zero-order valence-electron chi connectivity index (χ0n) is 8.86. The van der Waals surface area contributed by atoms with Gasteiger partial charge in [0, 0.05) is 0 Å². The van der Waals surface area contributed by atoms with E-state index >= 15 is 0 Å². The van der Waals surface area contributed by atoms with Gasteiger partial charge < -0.3 is 0 Å². The fourth-order valence-electron chi connectivity index (χ4n) is 1.24. The van der Waals surface area contributed by atoms with Crippen LogP contribution in [0.3, 0.4) is 0 Å². The predicted octanol–water partition coefficient (Wildman–Crippen LogP) is -1.22. The molecule has 18 heavy (non-hydrogen) atoms. The zero-order valence-corrected chi connectivity index (χ0v) is 8.86. The average molecular weight is 264 g/mol. The van der Waals surface area contributed by atoms with Gasteiger partial charge in [-0.15, -0.1) is 9.81 Å². The van der Waals surface area contributed by atoms with Crippen LogP contribution in [0.25, 0.3) is 0 Å². The van der Waals surface area contributed by atoms with Gasteiger partial charge in [0.2, 0.25) is 6.67 Å². The second-order valence-corrected chi connectivity index (χ2v) is 3.23. The van der Waals surface area contributed by atoms with Crippen molar-refractivity contribution in [1.29, 1.82) is 0 Å². The Hall–Kier alpha value is -2.80. The zero-order chi connectivity index (χ0) is 13.7. The van der Waals surface area contributed by atoms with Gasteiger partial charge in [0.25, 0.3) is 0 Å². The molecule has 1 aliphatic heterocycles. The quantitative estimate of drug-likeness (QED) is 0.342. The van der Waals surface area contributed by atoms with Crippen LogP contribution in [0.15, 0.2) is 10.6 Å². The highest BCUT2D eigenvalue weighted by molar-refractivity contribution is 4.56. The smallest absolute Gasteiger partial charge is 0.212 e. The summed E-state index contributed by atoms with van der Waals surface area (Å²) in [6, 6.07) is 0. The van der Waals surface area contributed by atoms with Gasteiger partial charge in [0.15, 0.2) is 23.4 Å². The molecule has 0 aliphatic carbocycles. The average Bonchev–Trinajstić information content (AvgIpc) is 2.28. The maximum atomic E-state index is 10.6. The molecule has 0 unspecified atom stereocenters. The molecule has 0 radical (unpaired) electrons. The fourth-order valence-corrected chi connectivity index (χ4v) is 1.24. The first-order chi connectivity index (χ1) is 8.47. The molecule has 1 aliphatic rings. The van der Waals surface area contributed by atoms with Crippen LogP contribution in [0.4, 0.5) is 0 Å². The first-order valence-corrected chi connectivity index (χ1v) is 4.43. The summed E-state index contributed by atoms with van der Waals surface area (Å²) in [5.74, 6) is 0. The largest absolute Gasteiger partial charge is 0.235 e. The van der Waals surface area contributed by atoms with Gasteiger partial charge in [-0.1, -0.05) is 10.0 Å². The van der Waals surface area contributed by atoms with E-state index in [1.165, 1.54) is 0 Å². The molecule has 0 aromatic carbocycles. The topological polar surface area (TPSA) is 158 Å². The summed E-state index contributed by atoms with van der Waals surface area (Å²) < 4.78 is 0. The number of nitro groups is 2. The highest BCUT2D eigenvalue weighted by Gasteiger charge is 2.32. The number of hydrogen-bond acceptors (Lipinski definition) is 8. The molecular weight excluding hydrogens is 256 g/mol. The Kier molecular flexibility index (Phi) is 4.06. The van der Waals surface area contributed by atoms with Gasteiger partial charge in [0.05, 0.1) is 10.6 Å². The van der Waals surface area contributed by atoms with Crippen molar-refractivity contribution in [2.45, 2.75) is 0 Å². The van der Waals surface area contributed by atoms with Crippen LogP contribution in [0.1, 0.15) is 0 Å². The van der Waals surface area contributed by atoms with Gasteiger partial charge in [0.1, 0.15) is 6.67 Å². The minimum Gasteiger partial charge on any atom is -0.235 e. The van der Waals surface area contributed by atoms with E-state index in [0.717, 1.165) is 0 Å². The summed E-state index contributed by atoms with van der Waals surface area (Å²) in [5.41, 5.74) is 0. The Labute approximate surface area is 98.4 Å². The Bertz CT molecular complexity index is 329. The minimum absolute atomic E-state index is 0.409. The Morgan fingerprint density at radius 3 is 1.44 bits per heavy atom. The summed E-state index contributed by atoms with van der Waals surface area (Å²) in [4.78, 5) is 42.0. The van der Waals surface area contributed by atoms with Crippen molar-refractivity contribution in [3.63, 3.8) is 0 Å². The summed E-state index contributed by atoms with van der Waals surface area (Å²) in [6.07, 6.45) is 0. The van der Waals surface area contributed by atoms with Crippen molar-refractivity contribution in [1.82, 2.24) is 20.0 Å². The number of rotatable bonds is 4. The lowest BCUT2D eigenvalue weighted by molar-refractivity contribution is -0.718. The van der Waals surface area contributed by atoms with E-state index < -0.39 is 36.7 Å². The number of nitrogens with zero attached hydrogens (tertiary/aromatic N) is 8. The summed E-state index contributed by atoms with van der Waals surface area (Å²) in [6.45, 7) is -2.42. The van der Waals surface area contributed by atoms with E-state index in [0.29, 0.717) is 20.0 Å². The SMILES string of the molecule is O=NN1CN(N=O)CN([N+](=O)[O-])CN([N+](=O)[O-])C1. The van der Waals surface area contributed by atoms with E-state index in [1.807, 2.05) is 0 Å². The van der Waals surface area contributed by atoms with Crippen molar-refractivity contribution >= 4 is 0 Å². The van der Waals surface area contributed by atoms with Crippen molar-refractivity contribution < 1.29 is 10.1 Å². The fraction of sp³-hybridized carbons (Fsp3) is 1.00. The van der Waals surface area contributed by atoms with E-state index in [4.69, 9.17) is 0 Å². The molecule has 0 amide bonds. The molecule has 0 saturated carbocycles.